The molecule has 2 heterocycles. The van der Waals surface area contributed by atoms with Crippen LogP contribution in [-0.4, -0.2) is 35.6 Å². The molecule has 0 bridgehead atoms. The predicted octanol–water partition coefficient (Wildman–Crippen LogP) is 1.96. The summed E-state index contributed by atoms with van der Waals surface area (Å²) < 4.78 is 0. The van der Waals surface area contributed by atoms with Crippen LogP contribution in [0.4, 0.5) is 0 Å². The van der Waals surface area contributed by atoms with Gasteiger partial charge in [0, 0.05) is 31.5 Å². The number of nitrogens with zero attached hydrogens (tertiary/aromatic N) is 2. The van der Waals surface area contributed by atoms with Crippen LogP contribution in [0.1, 0.15) is 30.9 Å². The molecule has 2 rings (SSSR count). The van der Waals surface area contributed by atoms with Gasteiger partial charge < -0.3 is 5.32 Å². The molecule has 1 N–H and O–H groups in total. The van der Waals surface area contributed by atoms with Crippen molar-refractivity contribution in [1.29, 1.82) is 0 Å². The zero-order valence-corrected chi connectivity index (χ0v) is 10.9. The van der Waals surface area contributed by atoms with Crippen LogP contribution in [0.2, 0.25) is 0 Å². The largest absolute Gasteiger partial charge is 0.315 e. The Labute approximate surface area is 104 Å². The van der Waals surface area contributed by atoms with Crippen molar-refractivity contribution in [2.75, 3.05) is 19.6 Å². The number of rotatable bonds is 5. The Morgan fingerprint density at radius 1 is 1.47 bits per heavy atom. The van der Waals surface area contributed by atoms with Gasteiger partial charge in [0.05, 0.1) is 0 Å². The highest BCUT2D eigenvalue weighted by Crippen LogP contribution is 2.19. The maximum absolute atomic E-state index is 4.27. The third kappa shape index (κ3) is 3.51. The third-order valence-electron chi connectivity index (χ3n) is 3.45. The fourth-order valence-corrected chi connectivity index (χ4v) is 2.58. The number of aryl methyl sites for hydroxylation is 1. The molecular weight excluding hydrogens is 210 g/mol. The van der Waals surface area contributed by atoms with Gasteiger partial charge >= 0.3 is 0 Å². The van der Waals surface area contributed by atoms with Crippen LogP contribution in [-0.2, 0) is 6.54 Å². The van der Waals surface area contributed by atoms with Crippen molar-refractivity contribution < 1.29 is 0 Å². The molecule has 1 aromatic rings. The fourth-order valence-electron chi connectivity index (χ4n) is 2.58. The highest BCUT2D eigenvalue weighted by molar-refractivity contribution is 5.16. The van der Waals surface area contributed by atoms with E-state index >= 15 is 0 Å². The number of aromatic nitrogens is 1. The molecule has 1 atom stereocenters. The molecule has 1 aliphatic heterocycles. The Balaban J connectivity index is 1.93. The van der Waals surface area contributed by atoms with E-state index in [1.54, 1.807) is 0 Å². The summed E-state index contributed by atoms with van der Waals surface area (Å²) in [5.41, 5.74) is 2.60. The molecule has 3 nitrogen and oxygen atoms in total. The second kappa shape index (κ2) is 6.12. The summed E-state index contributed by atoms with van der Waals surface area (Å²) in [6.45, 7) is 8.74. The molecule has 0 saturated carbocycles. The lowest BCUT2D eigenvalue weighted by Crippen LogP contribution is -2.37. The van der Waals surface area contributed by atoms with Crippen LogP contribution < -0.4 is 5.32 Å². The number of likely N-dealkylation sites (N-methyl/N-ethyl adjacent to an activating group) is 1. The van der Waals surface area contributed by atoms with E-state index in [9.17, 15) is 0 Å². The van der Waals surface area contributed by atoms with E-state index in [0.717, 1.165) is 19.6 Å². The van der Waals surface area contributed by atoms with Gasteiger partial charge in [-0.1, -0.05) is 13.0 Å². The topological polar surface area (TPSA) is 28.2 Å². The Morgan fingerprint density at radius 3 is 3.12 bits per heavy atom. The lowest BCUT2D eigenvalue weighted by molar-refractivity contribution is 0.240. The van der Waals surface area contributed by atoms with E-state index in [-0.39, 0.29) is 0 Å². The summed E-state index contributed by atoms with van der Waals surface area (Å²) in [7, 11) is 0. The van der Waals surface area contributed by atoms with Crippen molar-refractivity contribution in [2.24, 2.45) is 0 Å². The molecule has 0 spiro atoms. The van der Waals surface area contributed by atoms with Gasteiger partial charge in [-0.3, -0.25) is 9.88 Å². The summed E-state index contributed by atoms with van der Waals surface area (Å²) in [4.78, 5) is 6.85. The molecule has 17 heavy (non-hydrogen) atoms. The second-order valence-corrected chi connectivity index (χ2v) is 4.94. The first-order valence-electron chi connectivity index (χ1n) is 6.65. The Bertz CT molecular complexity index is 351. The number of likely N-dealkylation sites (tertiary alicyclic amines) is 1. The minimum atomic E-state index is 0.704. The van der Waals surface area contributed by atoms with Gasteiger partial charge in [0.15, 0.2) is 0 Å². The molecule has 0 radical (unpaired) electrons. The molecule has 1 unspecified atom stereocenters. The lowest BCUT2D eigenvalue weighted by atomic mass is 10.2. The second-order valence-electron chi connectivity index (χ2n) is 4.94. The molecular formula is C14H23N3. The van der Waals surface area contributed by atoms with Crippen LogP contribution in [0, 0.1) is 6.92 Å². The summed E-state index contributed by atoms with van der Waals surface area (Å²) in [5, 5.41) is 3.46. The Morgan fingerprint density at radius 2 is 2.35 bits per heavy atom. The number of pyridine rings is 1. The molecule has 1 aromatic heterocycles. The van der Waals surface area contributed by atoms with Crippen molar-refractivity contribution in [3.05, 3.63) is 29.6 Å². The van der Waals surface area contributed by atoms with Crippen LogP contribution >= 0.6 is 0 Å². The highest BCUT2D eigenvalue weighted by atomic mass is 15.2. The molecule has 0 aromatic carbocycles. The van der Waals surface area contributed by atoms with E-state index in [2.05, 4.69) is 35.1 Å². The minimum Gasteiger partial charge on any atom is -0.315 e. The molecule has 94 valence electrons. The van der Waals surface area contributed by atoms with E-state index < -0.39 is 0 Å². The molecule has 1 fully saturated rings. The average Bonchev–Trinajstić information content (AvgIpc) is 2.74. The standard InChI is InChI=1S/C14H23N3/c1-3-15-10-14-5-4-6-17(14)11-13-7-12(2)8-16-9-13/h7-9,14-15H,3-6,10-11H2,1-2H3. The maximum Gasteiger partial charge on any atom is 0.0313 e. The SMILES string of the molecule is CCNCC1CCCN1Cc1cncc(C)c1. The van der Waals surface area contributed by atoms with Crippen molar-refractivity contribution >= 4 is 0 Å². The Hall–Kier alpha value is -0.930. The molecule has 0 amide bonds. The summed E-state index contributed by atoms with van der Waals surface area (Å²) in [6, 6.07) is 2.95. The van der Waals surface area contributed by atoms with Crippen LogP contribution in [0.15, 0.2) is 18.5 Å². The average molecular weight is 233 g/mol. The number of nitrogens with one attached hydrogen (secondary N) is 1. The smallest absolute Gasteiger partial charge is 0.0313 e. The number of hydrogen-bond acceptors (Lipinski definition) is 3. The van der Waals surface area contributed by atoms with E-state index in [1.807, 2.05) is 12.4 Å². The summed E-state index contributed by atoms with van der Waals surface area (Å²) >= 11 is 0. The lowest BCUT2D eigenvalue weighted by Gasteiger charge is -2.24. The van der Waals surface area contributed by atoms with Gasteiger partial charge in [0.1, 0.15) is 0 Å². The monoisotopic (exact) mass is 233 g/mol. The summed E-state index contributed by atoms with van der Waals surface area (Å²) in [5.74, 6) is 0. The molecule has 1 saturated heterocycles. The molecule has 1 aliphatic rings. The van der Waals surface area contributed by atoms with E-state index in [1.165, 1.54) is 30.5 Å². The first-order valence-corrected chi connectivity index (χ1v) is 6.65. The first-order chi connectivity index (χ1) is 8.29. The zero-order valence-electron chi connectivity index (χ0n) is 10.9. The minimum absolute atomic E-state index is 0.704. The van der Waals surface area contributed by atoms with Crippen molar-refractivity contribution in [1.82, 2.24) is 15.2 Å². The highest BCUT2D eigenvalue weighted by Gasteiger charge is 2.23. The maximum atomic E-state index is 4.27. The van der Waals surface area contributed by atoms with E-state index in [0.29, 0.717) is 6.04 Å². The third-order valence-corrected chi connectivity index (χ3v) is 3.45. The molecule has 3 heteroatoms. The summed E-state index contributed by atoms with van der Waals surface area (Å²) in [6.07, 6.45) is 6.57. The van der Waals surface area contributed by atoms with Crippen molar-refractivity contribution in [2.45, 2.75) is 39.3 Å². The van der Waals surface area contributed by atoms with Crippen LogP contribution in [0.25, 0.3) is 0 Å². The molecule has 0 aliphatic carbocycles. The van der Waals surface area contributed by atoms with Crippen molar-refractivity contribution in [3.8, 4) is 0 Å². The zero-order chi connectivity index (χ0) is 12.1. The van der Waals surface area contributed by atoms with E-state index in [4.69, 9.17) is 0 Å². The van der Waals surface area contributed by atoms with Gasteiger partial charge in [-0.15, -0.1) is 0 Å². The predicted molar refractivity (Wildman–Crippen MR) is 70.9 cm³/mol. The van der Waals surface area contributed by atoms with Gasteiger partial charge in [-0.25, -0.2) is 0 Å². The van der Waals surface area contributed by atoms with Gasteiger partial charge in [0.25, 0.3) is 0 Å². The number of hydrogen-bond donors (Lipinski definition) is 1. The normalized spacial score (nSPS) is 20.9. The van der Waals surface area contributed by atoms with Crippen LogP contribution in [0.3, 0.4) is 0 Å². The van der Waals surface area contributed by atoms with Gasteiger partial charge in [-0.2, -0.15) is 0 Å². The van der Waals surface area contributed by atoms with Crippen molar-refractivity contribution in [3.63, 3.8) is 0 Å². The van der Waals surface area contributed by atoms with Gasteiger partial charge in [-0.05, 0) is 44.0 Å². The quantitative estimate of drug-likeness (QED) is 0.842. The first kappa shape index (κ1) is 12.5. The Kier molecular flexibility index (Phi) is 4.51. The van der Waals surface area contributed by atoms with Gasteiger partial charge in [0.2, 0.25) is 0 Å². The fraction of sp³-hybridized carbons (Fsp3) is 0.643. The van der Waals surface area contributed by atoms with Crippen LogP contribution in [0.5, 0.6) is 0 Å².